The number of furan rings is 1. The Morgan fingerprint density at radius 1 is 1.07 bits per heavy atom. The molecule has 0 fully saturated rings. The average Bonchev–Trinajstić information content (AvgIpc) is 3.00. The molecule has 0 spiro atoms. The predicted molar refractivity (Wildman–Crippen MR) is 120 cm³/mol. The van der Waals surface area contributed by atoms with Crippen molar-refractivity contribution < 1.29 is 13.6 Å². The second-order valence-corrected chi connectivity index (χ2v) is 10.7. The zero-order valence-electron chi connectivity index (χ0n) is 16.9. The van der Waals surface area contributed by atoms with E-state index in [1.807, 2.05) is 36.4 Å². The number of alkyl halides is 1. The van der Waals surface area contributed by atoms with E-state index in [-0.39, 0.29) is 5.41 Å². The molecule has 149 valence electrons. The molecule has 1 heterocycles. The lowest BCUT2D eigenvalue weighted by molar-refractivity contribution is 0.341. The number of hydrogen-bond donors (Lipinski definition) is 0. The fourth-order valence-corrected chi connectivity index (χ4v) is 4.03. The highest BCUT2D eigenvalue weighted by Crippen LogP contribution is 2.46. The van der Waals surface area contributed by atoms with Crippen molar-refractivity contribution in [3.63, 3.8) is 0 Å². The van der Waals surface area contributed by atoms with Gasteiger partial charge in [-0.1, -0.05) is 32.4 Å². The summed E-state index contributed by atoms with van der Waals surface area (Å²) in [5, 5.41) is 1.70. The monoisotopic (exact) mass is 435 g/mol. The molecular formula is C22H25Cl2O3Si. The lowest BCUT2D eigenvalue weighted by Gasteiger charge is -2.21. The molecule has 0 aliphatic heterocycles. The van der Waals surface area contributed by atoms with Gasteiger partial charge in [0.1, 0.15) is 29.4 Å². The molecule has 1 radical (unpaired) electrons. The summed E-state index contributed by atoms with van der Waals surface area (Å²) in [6.45, 7) is 11.2. The molecule has 0 unspecified atom stereocenters. The van der Waals surface area contributed by atoms with E-state index in [0.717, 1.165) is 33.6 Å². The Bertz CT molecular complexity index is 957. The van der Waals surface area contributed by atoms with Crippen molar-refractivity contribution in [2.24, 2.45) is 0 Å². The van der Waals surface area contributed by atoms with Crippen LogP contribution in [0.5, 0.6) is 11.5 Å². The maximum absolute atomic E-state index is 6.37. The molecule has 0 saturated carbocycles. The molecule has 28 heavy (non-hydrogen) atoms. The molecule has 0 saturated heterocycles. The highest BCUT2D eigenvalue weighted by atomic mass is 35.5. The van der Waals surface area contributed by atoms with Gasteiger partial charge >= 0.3 is 0 Å². The van der Waals surface area contributed by atoms with Crippen LogP contribution in [0.1, 0.15) is 26.3 Å². The number of benzene rings is 2. The smallest absolute Gasteiger partial charge is 0.274 e. The van der Waals surface area contributed by atoms with E-state index < -0.39 is 9.04 Å². The van der Waals surface area contributed by atoms with Gasteiger partial charge in [0.05, 0.1) is 11.3 Å². The first-order chi connectivity index (χ1) is 13.2. The topological polar surface area (TPSA) is 31.6 Å². The van der Waals surface area contributed by atoms with Gasteiger partial charge in [0.15, 0.2) is 0 Å². The molecule has 0 bridgehead atoms. The Kier molecular flexibility index (Phi) is 6.33. The summed E-state index contributed by atoms with van der Waals surface area (Å²) in [5.41, 5.74) is 2.70. The van der Waals surface area contributed by atoms with Crippen LogP contribution in [0, 0.1) is 0 Å². The largest absolute Gasteiger partial charge is 0.542 e. The zero-order valence-corrected chi connectivity index (χ0v) is 19.4. The van der Waals surface area contributed by atoms with Gasteiger partial charge in [-0.3, -0.25) is 0 Å². The van der Waals surface area contributed by atoms with Gasteiger partial charge in [0.2, 0.25) is 0 Å². The normalized spacial score (nSPS) is 12.0. The van der Waals surface area contributed by atoms with E-state index in [2.05, 4.69) is 33.9 Å². The van der Waals surface area contributed by atoms with Crippen molar-refractivity contribution >= 4 is 43.2 Å². The summed E-state index contributed by atoms with van der Waals surface area (Å²) in [7, 11) is -0.976. The first kappa shape index (κ1) is 21.1. The first-order valence-corrected chi connectivity index (χ1v) is 12.6. The maximum Gasteiger partial charge on any atom is 0.274 e. The number of fused-ring (bicyclic) bond motifs is 1. The quantitative estimate of drug-likeness (QED) is 0.300. The Hall–Kier alpha value is -1.62. The predicted octanol–water partition coefficient (Wildman–Crippen LogP) is 7.30. The Labute approximate surface area is 178 Å². The van der Waals surface area contributed by atoms with E-state index in [9.17, 15) is 0 Å². The standard InChI is InChI=1S/C22H25Cl2O3Si/c1-22(2,3)20-19-17(26-21(20)14-6-8-15(24)9-7-14)12-16(25-11-10-23)13-18(19)27-28(4)5/h6-9,12-13H,10-11H2,1-5H3. The molecule has 3 rings (SSSR count). The van der Waals surface area contributed by atoms with Crippen LogP contribution in [0.2, 0.25) is 18.1 Å². The zero-order chi connectivity index (χ0) is 20.5. The van der Waals surface area contributed by atoms with Gasteiger partial charge in [0, 0.05) is 28.3 Å². The second-order valence-electron chi connectivity index (χ2n) is 7.91. The third kappa shape index (κ3) is 4.51. The number of ether oxygens (including phenoxy) is 1. The molecule has 2 aromatic carbocycles. The van der Waals surface area contributed by atoms with Crippen LogP contribution in [0.3, 0.4) is 0 Å². The molecule has 0 atom stereocenters. The minimum atomic E-state index is -0.976. The molecule has 0 N–H and O–H groups in total. The molecule has 6 heteroatoms. The summed E-state index contributed by atoms with van der Waals surface area (Å²) in [5.74, 6) is 2.75. The highest BCUT2D eigenvalue weighted by molar-refractivity contribution is 6.49. The van der Waals surface area contributed by atoms with Gasteiger partial charge in [-0.2, -0.15) is 0 Å². The lowest BCUT2D eigenvalue weighted by Crippen LogP contribution is -2.15. The van der Waals surface area contributed by atoms with Crippen LogP contribution >= 0.6 is 23.2 Å². The van der Waals surface area contributed by atoms with Crippen LogP contribution in [-0.4, -0.2) is 21.5 Å². The summed E-state index contributed by atoms with van der Waals surface area (Å²) in [4.78, 5) is 0. The van der Waals surface area contributed by atoms with Crippen LogP contribution in [0.4, 0.5) is 0 Å². The van der Waals surface area contributed by atoms with Crippen LogP contribution in [-0.2, 0) is 5.41 Å². The molecule has 3 nitrogen and oxygen atoms in total. The van der Waals surface area contributed by atoms with E-state index in [1.54, 1.807) is 0 Å². The fourth-order valence-electron chi connectivity index (χ4n) is 3.23. The molecule has 0 amide bonds. The molecule has 0 aliphatic carbocycles. The van der Waals surface area contributed by atoms with Crippen LogP contribution in [0.15, 0.2) is 40.8 Å². The Balaban J connectivity index is 2.30. The molecule has 1 aromatic heterocycles. The third-order valence-electron chi connectivity index (χ3n) is 4.24. The van der Waals surface area contributed by atoms with Gasteiger partial charge in [-0.25, -0.2) is 0 Å². The first-order valence-electron chi connectivity index (χ1n) is 9.24. The van der Waals surface area contributed by atoms with E-state index in [4.69, 9.17) is 36.8 Å². The van der Waals surface area contributed by atoms with E-state index in [1.165, 1.54) is 0 Å². The number of hydrogen-bond acceptors (Lipinski definition) is 3. The minimum Gasteiger partial charge on any atom is -0.542 e. The summed E-state index contributed by atoms with van der Waals surface area (Å²) in [6, 6.07) is 11.6. The van der Waals surface area contributed by atoms with E-state index in [0.29, 0.717) is 23.3 Å². The highest BCUT2D eigenvalue weighted by Gasteiger charge is 2.29. The average molecular weight is 436 g/mol. The molecule has 0 aliphatic rings. The van der Waals surface area contributed by atoms with Crippen molar-refractivity contribution in [1.82, 2.24) is 0 Å². The summed E-state index contributed by atoms with van der Waals surface area (Å²) < 4.78 is 18.4. The molecular weight excluding hydrogens is 411 g/mol. The van der Waals surface area contributed by atoms with Crippen molar-refractivity contribution in [2.75, 3.05) is 12.5 Å². The van der Waals surface area contributed by atoms with Crippen molar-refractivity contribution in [1.29, 1.82) is 0 Å². The minimum absolute atomic E-state index is 0.148. The van der Waals surface area contributed by atoms with E-state index >= 15 is 0 Å². The fraction of sp³-hybridized carbons (Fsp3) is 0.364. The van der Waals surface area contributed by atoms with Gasteiger partial charge in [0.25, 0.3) is 9.04 Å². The Morgan fingerprint density at radius 2 is 1.75 bits per heavy atom. The maximum atomic E-state index is 6.37. The number of halogens is 2. The van der Waals surface area contributed by atoms with Crippen LogP contribution < -0.4 is 9.16 Å². The third-order valence-corrected chi connectivity index (χ3v) is 5.28. The van der Waals surface area contributed by atoms with Crippen LogP contribution in [0.25, 0.3) is 22.3 Å². The van der Waals surface area contributed by atoms with Crippen molar-refractivity contribution in [3.8, 4) is 22.8 Å². The summed E-state index contributed by atoms with van der Waals surface area (Å²) in [6.07, 6.45) is 0. The van der Waals surface area contributed by atoms with Crippen molar-refractivity contribution in [3.05, 3.63) is 47.0 Å². The van der Waals surface area contributed by atoms with Gasteiger partial charge < -0.3 is 13.6 Å². The summed E-state index contributed by atoms with van der Waals surface area (Å²) >= 11 is 11.9. The SMILES string of the molecule is C[Si](C)Oc1cc(OCCCl)cc2oc(-c3ccc(Cl)cc3)c(C(C)(C)C)c12. The second kappa shape index (κ2) is 8.40. The lowest BCUT2D eigenvalue weighted by atomic mass is 9.83. The Morgan fingerprint density at radius 3 is 2.32 bits per heavy atom. The molecule has 3 aromatic rings. The van der Waals surface area contributed by atoms with Crippen molar-refractivity contribution in [2.45, 2.75) is 39.3 Å². The number of rotatable bonds is 6. The van der Waals surface area contributed by atoms with Gasteiger partial charge in [-0.05, 0) is 42.8 Å². The van der Waals surface area contributed by atoms with Gasteiger partial charge in [-0.15, -0.1) is 11.6 Å².